The van der Waals surface area contributed by atoms with E-state index in [0.717, 1.165) is 30.0 Å². The molecule has 2 unspecified atom stereocenters. The minimum Gasteiger partial charge on any atom is -0.374 e. The van der Waals surface area contributed by atoms with Crippen LogP contribution in [0.25, 0.3) is 11.1 Å². The zero-order chi connectivity index (χ0) is 22.4. The van der Waals surface area contributed by atoms with Gasteiger partial charge in [-0.3, -0.25) is 4.79 Å². The highest BCUT2D eigenvalue weighted by molar-refractivity contribution is 5.90. The van der Waals surface area contributed by atoms with E-state index in [2.05, 4.69) is 15.0 Å². The number of aromatic nitrogens is 2. The third-order valence-electron chi connectivity index (χ3n) is 6.06. The van der Waals surface area contributed by atoms with Crippen molar-refractivity contribution in [2.75, 3.05) is 25.0 Å². The maximum absolute atomic E-state index is 13.1. The topological polar surface area (TPSA) is 115 Å². The number of anilines is 1. The number of pyridine rings is 1. The van der Waals surface area contributed by atoms with E-state index in [1.807, 2.05) is 12.1 Å². The Bertz CT molecular complexity index is 1150. The zero-order valence-electron chi connectivity index (χ0n) is 17.1. The fourth-order valence-electron chi connectivity index (χ4n) is 4.35. The van der Waals surface area contributed by atoms with Gasteiger partial charge in [-0.1, -0.05) is 17.3 Å². The summed E-state index contributed by atoms with van der Waals surface area (Å²) in [7, 11) is 1.68. The third kappa shape index (κ3) is 3.64. The van der Waals surface area contributed by atoms with Gasteiger partial charge in [-0.05, 0) is 29.8 Å². The normalized spacial score (nSPS) is 21.2. The van der Waals surface area contributed by atoms with Crippen LogP contribution in [0.4, 0.5) is 15.0 Å². The number of hydrogen-bond acceptors (Lipinski definition) is 7. The van der Waals surface area contributed by atoms with Gasteiger partial charge in [0, 0.05) is 49.8 Å². The predicted molar refractivity (Wildman–Crippen MR) is 111 cm³/mol. The number of hydrogen-bond donors (Lipinski definition) is 1. The van der Waals surface area contributed by atoms with Gasteiger partial charge in [0.15, 0.2) is 5.69 Å². The van der Waals surface area contributed by atoms with Crippen molar-refractivity contribution >= 4 is 17.8 Å². The van der Waals surface area contributed by atoms with Crippen molar-refractivity contribution in [3.05, 3.63) is 60.2 Å². The molecular weight excluding hydrogens is 417 g/mol. The van der Waals surface area contributed by atoms with Crippen molar-refractivity contribution in [1.82, 2.24) is 15.0 Å². The van der Waals surface area contributed by atoms with E-state index in [9.17, 15) is 14.0 Å². The minimum atomic E-state index is -0.763. The molecule has 32 heavy (non-hydrogen) atoms. The lowest BCUT2D eigenvalue weighted by Gasteiger charge is -2.24. The summed E-state index contributed by atoms with van der Waals surface area (Å²) < 4.78 is 23.1. The van der Waals surface area contributed by atoms with Crippen molar-refractivity contribution in [1.29, 1.82) is 0 Å². The van der Waals surface area contributed by atoms with Gasteiger partial charge in [0.1, 0.15) is 11.6 Å². The molecule has 2 aliphatic rings. The molecule has 5 rings (SSSR count). The Kier molecular flexibility index (Phi) is 4.76. The molecule has 0 spiro atoms. The molecule has 1 saturated heterocycles. The fraction of sp³-hybridized carbons (Fsp3) is 0.273. The first-order chi connectivity index (χ1) is 15.4. The molecule has 2 aromatic heterocycles. The van der Waals surface area contributed by atoms with Crippen LogP contribution in [0.1, 0.15) is 10.5 Å². The number of carbonyl (C=O) groups excluding carboxylic acids is 2. The fourth-order valence-corrected chi connectivity index (χ4v) is 4.35. The first-order valence-electron chi connectivity index (χ1n) is 10.1. The number of fused-ring (bicyclic) bond motifs is 1. The SMILES string of the molecule is CN(C(=O)Oc1cc(C(N)=O)no1)C1C2CN(c3ccc(-c4ccc(F)cc4)cn3)CC21. The van der Waals surface area contributed by atoms with Gasteiger partial charge in [-0.15, -0.1) is 0 Å². The number of piperidine rings is 1. The molecule has 1 aliphatic heterocycles. The molecule has 164 valence electrons. The number of carbonyl (C=O) groups is 2. The maximum Gasteiger partial charge on any atom is 0.417 e. The first kappa shape index (κ1) is 20.0. The molecule has 2 fully saturated rings. The Balaban J connectivity index is 1.17. The van der Waals surface area contributed by atoms with Gasteiger partial charge in [-0.25, -0.2) is 14.2 Å². The first-order valence-corrected chi connectivity index (χ1v) is 10.1. The Morgan fingerprint density at radius 1 is 1.16 bits per heavy atom. The van der Waals surface area contributed by atoms with Crippen molar-refractivity contribution in [2.45, 2.75) is 6.04 Å². The molecule has 1 aromatic carbocycles. The highest BCUT2D eigenvalue weighted by atomic mass is 19.1. The average Bonchev–Trinajstić information content (AvgIpc) is 3.11. The summed E-state index contributed by atoms with van der Waals surface area (Å²) in [5, 5.41) is 3.44. The third-order valence-corrected chi connectivity index (χ3v) is 6.06. The molecule has 9 nitrogen and oxygen atoms in total. The molecule has 0 radical (unpaired) electrons. The van der Waals surface area contributed by atoms with E-state index < -0.39 is 12.0 Å². The van der Waals surface area contributed by atoms with Crippen LogP contribution in [0.5, 0.6) is 5.95 Å². The molecule has 0 bridgehead atoms. The highest BCUT2D eigenvalue weighted by Gasteiger charge is 2.59. The lowest BCUT2D eigenvalue weighted by molar-refractivity contribution is 0.0991. The summed E-state index contributed by atoms with van der Waals surface area (Å²) >= 11 is 0. The number of primary amides is 1. The Hall–Kier alpha value is -3.95. The van der Waals surface area contributed by atoms with Crippen molar-refractivity contribution in [2.24, 2.45) is 17.6 Å². The van der Waals surface area contributed by atoms with Crippen LogP contribution in [-0.4, -0.2) is 53.2 Å². The number of ether oxygens (including phenoxy) is 1. The number of nitrogens with two attached hydrogens (primary N) is 1. The highest BCUT2D eigenvalue weighted by Crippen LogP contribution is 2.49. The summed E-state index contributed by atoms with van der Waals surface area (Å²) in [6, 6.07) is 11.5. The molecule has 1 saturated carbocycles. The number of amides is 2. The summed E-state index contributed by atoms with van der Waals surface area (Å²) in [5.41, 5.74) is 6.83. The second-order valence-electron chi connectivity index (χ2n) is 8.01. The van der Waals surface area contributed by atoms with E-state index in [4.69, 9.17) is 15.0 Å². The molecule has 1 aliphatic carbocycles. The smallest absolute Gasteiger partial charge is 0.374 e. The van der Waals surface area contributed by atoms with E-state index in [0.29, 0.717) is 11.8 Å². The van der Waals surface area contributed by atoms with Crippen molar-refractivity contribution in [3.63, 3.8) is 0 Å². The largest absolute Gasteiger partial charge is 0.417 e. The quantitative estimate of drug-likeness (QED) is 0.652. The molecule has 2 N–H and O–H groups in total. The van der Waals surface area contributed by atoms with E-state index in [1.54, 1.807) is 30.3 Å². The van der Waals surface area contributed by atoms with Gasteiger partial charge in [0.25, 0.3) is 5.91 Å². The van der Waals surface area contributed by atoms with E-state index in [1.165, 1.54) is 18.2 Å². The number of halogens is 1. The zero-order valence-corrected chi connectivity index (χ0v) is 17.1. The number of nitrogens with zero attached hydrogens (tertiary/aromatic N) is 4. The van der Waals surface area contributed by atoms with Crippen LogP contribution in [0.2, 0.25) is 0 Å². The van der Waals surface area contributed by atoms with Crippen LogP contribution in [0.3, 0.4) is 0 Å². The van der Waals surface area contributed by atoms with Crippen LogP contribution in [-0.2, 0) is 0 Å². The van der Waals surface area contributed by atoms with Gasteiger partial charge < -0.3 is 24.8 Å². The standard InChI is InChI=1S/C22H20FN5O4/c1-27(22(30)31-19-8-17(21(24)29)26-32-19)20-15-10-28(11-16(15)20)18-7-4-13(9-25-18)12-2-5-14(23)6-3-12/h2-9,15-16,20H,10-11H2,1H3,(H2,24,29). The summed E-state index contributed by atoms with van der Waals surface area (Å²) in [6.07, 6.45) is 1.20. The number of benzene rings is 1. The predicted octanol–water partition coefficient (Wildman–Crippen LogP) is 2.54. The number of rotatable bonds is 5. The van der Waals surface area contributed by atoms with Crippen LogP contribution in [0.15, 0.2) is 53.2 Å². The maximum atomic E-state index is 13.1. The Morgan fingerprint density at radius 2 is 1.84 bits per heavy atom. The minimum absolute atomic E-state index is 0.0655. The van der Waals surface area contributed by atoms with Crippen LogP contribution >= 0.6 is 0 Å². The monoisotopic (exact) mass is 437 g/mol. The van der Waals surface area contributed by atoms with Gasteiger partial charge in [0.2, 0.25) is 0 Å². The molecule has 2 amide bonds. The molecular formula is C22H20FN5O4. The summed E-state index contributed by atoms with van der Waals surface area (Å²) in [4.78, 5) is 31.8. The second-order valence-corrected chi connectivity index (χ2v) is 8.01. The molecule has 10 heteroatoms. The van der Waals surface area contributed by atoms with E-state index in [-0.39, 0.29) is 23.5 Å². The summed E-state index contributed by atoms with van der Waals surface area (Å²) in [5.74, 6) is 0.306. The van der Waals surface area contributed by atoms with Crippen molar-refractivity contribution < 1.29 is 23.2 Å². The molecule has 3 aromatic rings. The Labute approximate surface area is 182 Å². The molecule has 2 atom stereocenters. The summed E-state index contributed by atoms with van der Waals surface area (Å²) in [6.45, 7) is 1.56. The van der Waals surface area contributed by atoms with Crippen molar-refractivity contribution in [3.8, 4) is 17.1 Å². The van der Waals surface area contributed by atoms with Gasteiger partial charge in [0.05, 0.1) is 6.07 Å². The molecule has 3 heterocycles. The van der Waals surface area contributed by atoms with Gasteiger partial charge in [-0.2, -0.15) is 0 Å². The lowest BCUT2D eigenvalue weighted by Crippen LogP contribution is -2.38. The second kappa shape index (κ2) is 7.63. The average molecular weight is 437 g/mol. The van der Waals surface area contributed by atoms with E-state index >= 15 is 0 Å². The Morgan fingerprint density at radius 3 is 2.44 bits per heavy atom. The van der Waals surface area contributed by atoms with Gasteiger partial charge >= 0.3 is 12.0 Å². The van der Waals surface area contributed by atoms with Crippen LogP contribution < -0.4 is 15.4 Å². The van der Waals surface area contributed by atoms with Crippen LogP contribution in [0, 0.1) is 17.7 Å². The lowest BCUT2D eigenvalue weighted by atomic mass is 10.1.